The third-order valence-electron chi connectivity index (χ3n) is 8.06. The topological polar surface area (TPSA) is 37.3 Å². The predicted octanol–water partition coefficient (Wildman–Crippen LogP) is 4.14. The van der Waals surface area contributed by atoms with Gasteiger partial charge in [-0.25, -0.2) is 4.39 Å². The Hall–Kier alpha value is -0.960. The molecule has 4 rings (SSSR count). The summed E-state index contributed by atoms with van der Waals surface area (Å²) in [5.74, 6) is 0.276. The van der Waals surface area contributed by atoms with Gasteiger partial charge in [0.15, 0.2) is 5.78 Å². The Balaban J connectivity index is 1.84. The van der Waals surface area contributed by atoms with Crippen LogP contribution >= 0.6 is 0 Å². The van der Waals surface area contributed by atoms with Crippen molar-refractivity contribution in [3.8, 4) is 0 Å². The zero-order valence-electron chi connectivity index (χ0n) is 14.4. The molecule has 6 atom stereocenters. The summed E-state index contributed by atoms with van der Waals surface area (Å²) < 4.78 is 16.4. The summed E-state index contributed by atoms with van der Waals surface area (Å²) in [6.07, 6.45) is 9.73. The van der Waals surface area contributed by atoms with Gasteiger partial charge in [-0.05, 0) is 57.1 Å². The number of alkyl halides is 1. The molecular weight excluding hydrogens is 291 g/mol. The zero-order chi connectivity index (χ0) is 16.7. The van der Waals surface area contributed by atoms with Crippen molar-refractivity contribution in [2.24, 2.45) is 22.7 Å². The fourth-order valence-corrected chi connectivity index (χ4v) is 6.10. The highest BCUT2D eigenvalue weighted by Gasteiger charge is 2.67. The van der Waals surface area contributed by atoms with Crippen LogP contribution in [-0.2, 0) is 4.79 Å². The lowest BCUT2D eigenvalue weighted by molar-refractivity contribution is -0.121. The van der Waals surface area contributed by atoms with E-state index in [1.807, 2.05) is 19.9 Å². The van der Waals surface area contributed by atoms with Crippen molar-refractivity contribution in [2.75, 3.05) is 0 Å². The Labute approximate surface area is 137 Å². The molecule has 0 saturated heterocycles. The van der Waals surface area contributed by atoms with Crippen LogP contribution in [0.5, 0.6) is 0 Å². The quantitative estimate of drug-likeness (QED) is 0.682. The molecule has 0 aliphatic heterocycles. The first-order valence-electron chi connectivity index (χ1n) is 9.00. The van der Waals surface area contributed by atoms with Crippen LogP contribution in [0.3, 0.4) is 0 Å². The number of hydrogen-bond acceptors (Lipinski definition) is 2. The first kappa shape index (κ1) is 15.6. The van der Waals surface area contributed by atoms with Gasteiger partial charge in [-0.2, -0.15) is 0 Å². The van der Waals surface area contributed by atoms with Gasteiger partial charge in [-0.1, -0.05) is 25.5 Å². The maximum atomic E-state index is 16.4. The lowest BCUT2D eigenvalue weighted by Crippen LogP contribution is -2.59. The largest absolute Gasteiger partial charge is 0.389 e. The number of carbonyl (C=O) groups excluding carboxylic acids is 1. The monoisotopic (exact) mass is 318 g/mol. The summed E-state index contributed by atoms with van der Waals surface area (Å²) in [4.78, 5) is 11.8. The Morgan fingerprint density at radius 3 is 2.57 bits per heavy atom. The van der Waals surface area contributed by atoms with E-state index in [-0.39, 0.29) is 23.0 Å². The van der Waals surface area contributed by atoms with Crippen molar-refractivity contribution in [3.63, 3.8) is 0 Å². The van der Waals surface area contributed by atoms with Gasteiger partial charge in [0.25, 0.3) is 0 Å². The van der Waals surface area contributed by atoms with Gasteiger partial charge in [0.05, 0.1) is 5.60 Å². The van der Waals surface area contributed by atoms with Crippen LogP contribution in [0.2, 0.25) is 0 Å². The number of ketones is 1. The molecule has 0 bridgehead atoms. The summed E-state index contributed by atoms with van der Waals surface area (Å²) >= 11 is 0. The lowest BCUT2D eigenvalue weighted by Gasteiger charge is -2.59. The second-order valence-electron chi connectivity index (χ2n) is 8.92. The highest BCUT2D eigenvalue weighted by Crippen LogP contribution is 2.67. The first-order chi connectivity index (χ1) is 10.6. The molecule has 0 aromatic carbocycles. The number of rotatable bonds is 0. The Kier molecular flexibility index (Phi) is 2.95. The number of halogens is 1. The molecule has 0 spiro atoms. The van der Waals surface area contributed by atoms with Crippen molar-refractivity contribution in [3.05, 3.63) is 23.8 Å². The minimum atomic E-state index is -1.39. The van der Waals surface area contributed by atoms with Gasteiger partial charge in [0, 0.05) is 23.2 Å². The van der Waals surface area contributed by atoms with E-state index in [1.54, 1.807) is 12.2 Å². The second-order valence-corrected chi connectivity index (χ2v) is 8.92. The molecule has 0 radical (unpaired) electrons. The Morgan fingerprint density at radius 2 is 1.83 bits per heavy atom. The minimum absolute atomic E-state index is 0.0539. The fourth-order valence-electron chi connectivity index (χ4n) is 6.10. The van der Waals surface area contributed by atoms with E-state index in [0.29, 0.717) is 12.8 Å². The molecule has 0 aromatic rings. The van der Waals surface area contributed by atoms with Gasteiger partial charge in [0.2, 0.25) is 0 Å². The molecule has 1 N–H and O–H groups in total. The van der Waals surface area contributed by atoms with Crippen molar-refractivity contribution in [2.45, 2.75) is 70.6 Å². The van der Waals surface area contributed by atoms with Gasteiger partial charge in [0.1, 0.15) is 5.67 Å². The van der Waals surface area contributed by atoms with E-state index < -0.39 is 16.7 Å². The van der Waals surface area contributed by atoms with Gasteiger partial charge < -0.3 is 5.11 Å². The van der Waals surface area contributed by atoms with Crippen LogP contribution in [0, 0.1) is 22.7 Å². The summed E-state index contributed by atoms with van der Waals surface area (Å²) in [6, 6.07) is 0. The average Bonchev–Trinajstić information content (AvgIpc) is 2.72. The number of allylic oxidation sites excluding steroid dienone is 3. The van der Waals surface area contributed by atoms with E-state index in [9.17, 15) is 9.90 Å². The molecule has 0 heterocycles. The van der Waals surface area contributed by atoms with Crippen LogP contribution in [0.1, 0.15) is 59.3 Å². The third kappa shape index (κ3) is 1.70. The average molecular weight is 318 g/mol. The summed E-state index contributed by atoms with van der Waals surface area (Å²) in [7, 11) is 0. The molecule has 4 aliphatic carbocycles. The van der Waals surface area contributed by atoms with E-state index in [4.69, 9.17) is 0 Å². The molecule has 2 nitrogen and oxygen atoms in total. The molecule has 23 heavy (non-hydrogen) atoms. The molecule has 2 saturated carbocycles. The number of aliphatic hydroxyl groups is 1. The van der Waals surface area contributed by atoms with Crippen molar-refractivity contribution in [1.82, 2.24) is 0 Å². The minimum Gasteiger partial charge on any atom is -0.389 e. The highest BCUT2D eigenvalue weighted by molar-refractivity contribution is 5.91. The van der Waals surface area contributed by atoms with Crippen molar-refractivity contribution < 1.29 is 14.3 Å². The van der Waals surface area contributed by atoms with E-state index in [2.05, 4.69) is 6.92 Å². The van der Waals surface area contributed by atoms with Gasteiger partial charge in [-0.15, -0.1) is 0 Å². The first-order valence-corrected chi connectivity index (χ1v) is 9.00. The zero-order valence-corrected chi connectivity index (χ0v) is 14.4. The van der Waals surface area contributed by atoms with E-state index in [1.165, 1.54) is 0 Å². The molecular formula is C20H27FO2. The van der Waals surface area contributed by atoms with Crippen molar-refractivity contribution >= 4 is 5.78 Å². The number of carbonyl (C=O) groups is 1. The molecule has 4 aliphatic rings. The summed E-state index contributed by atoms with van der Waals surface area (Å²) in [5.41, 5.74) is -2.03. The molecule has 0 unspecified atom stereocenters. The van der Waals surface area contributed by atoms with Crippen LogP contribution in [0.4, 0.5) is 4.39 Å². The van der Waals surface area contributed by atoms with Crippen LogP contribution in [0.25, 0.3) is 0 Å². The molecule has 3 heteroatoms. The van der Waals surface area contributed by atoms with E-state index >= 15 is 4.39 Å². The van der Waals surface area contributed by atoms with Crippen LogP contribution in [0.15, 0.2) is 23.8 Å². The van der Waals surface area contributed by atoms with Crippen LogP contribution in [-0.4, -0.2) is 22.2 Å². The third-order valence-corrected chi connectivity index (χ3v) is 8.06. The number of hydrogen-bond donors (Lipinski definition) is 1. The van der Waals surface area contributed by atoms with E-state index in [0.717, 1.165) is 31.3 Å². The fraction of sp³-hybridized carbons (Fsp3) is 0.750. The van der Waals surface area contributed by atoms with Crippen LogP contribution < -0.4 is 0 Å². The van der Waals surface area contributed by atoms with Gasteiger partial charge in [-0.3, -0.25) is 4.79 Å². The normalized spacial score (nSPS) is 55.0. The molecule has 2 fully saturated rings. The summed E-state index contributed by atoms with van der Waals surface area (Å²) in [6.45, 7) is 6.01. The SMILES string of the molecule is C[C@]1(O)CC[C@H]2[C@@H]3CCC4=CC(=O)CC[C@]4(C)[C@@]3(F)C=C[C@@]21C. The van der Waals surface area contributed by atoms with Crippen molar-refractivity contribution in [1.29, 1.82) is 0 Å². The second kappa shape index (κ2) is 4.36. The molecule has 126 valence electrons. The standard InChI is InChI=1S/C20H27FO2/c1-17-8-6-14(22)12-13(17)4-5-16-15-7-9-19(3,23)18(15,2)10-11-20(16,17)21/h10-12,15-16,23H,4-9H2,1-3H3/t15-,16-,17-,18-,19-,20+/m0/s1. The Morgan fingerprint density at radius 1 is 1.09 bits per heavy atom. The van der Waals surface area contributed by atoms with Gasteiger partial charge >= 0.3 is 0 Å². The number of fused-ring (bicyclic) bond motifs is 5. The molecule has 0 amide bonds. The predicted molar refractivity (Wildman–Crippen MR) is 87.6 cm³/mol. The maximum absolute atomic E-state index is 16.4. The maximum Gasteiger partial charge on any atom is 0.155 e. The molecule has 0 aromatic heterocycles. The Bertz CT molecular complexity index is 634. The summed E-state index contributed by atoms with van der Waals surface area (Å²) in [5, 5.41) is 10.8. The lowest BCUT2D eigenvalue weighted by atomic mass is 9.47. The highest BCUT2D eigenvalue weighted by atomic mass is 19.1. The smallest absolute Gasteiger partial charge is 0.155 e.